The van der Waals surface area contributed by atoms with E-state index >= 15 is 0 Å². The van der Waals surface area contributed by atoms with Crippen LogP contribution in [0.5, 0.6) is 0 Å². The monoisotopic (exact) mass is 374 g/mol. The van der Waals surface area contributed by atoms with Gasteiger partial charge in [-0.15, -0.1) is 0 Å². The number of amides is 1. The van der Waals surface area contributed by atoms with Gasteiger partial charge in [0.1, 0.15) is 12.2 Å². The van der Waals surface area contributed by atoms with Crippen molar-refractivity contribution in [3.05, 3.63) is 62.4 Å². The number of aromatic nitrogens is 3. The first-order chi connectivity index (χ1) is 12.3. The van der Waals surface area contributed by atoms with Gasteiger partial charge in [0.15, 0.2) is 0 Å². The molecule has 0 fully saturated rings. The molecule has 3 aromatic rings. The minimum Gasteiger partial charge on any atom is -0.324 e. The normalized spacial score (nSPS) is 11.1. The summed E-state index contributed by atoms with van der Waals surface area (Å²) >= 11 is 6.02. The highest BCUT2D eigenvalue weighted by Crippen LogP contribution is 2.20. The zero-order chi connectivity index (χ0) is 19.0. The lowest BCUT2D eigenvalue weighted by atomic mass is 10.3. The van der Waals surface area contributed by atoms with Crippen molar-refractivity contribution < 1.29 is 4.79 Å². The lowest BCUT2D eigenvalue weighted by Gasteiger charge is -2.22. The number of anilines is 1. The van der Waals surface area contributed by atoms with Crippen LogP contribution in [-0.2, 0) is 25.4 Å². The molecule has 2 heterocycles. The molecule has 0 N–H and O–H groups in total. The maximum Gasteiger partial charge on any atom is 0.332 e. The molecule has 0 saturated heterocycles. The molecule has 1 amide bonds. The van der Waals surface area contributed by atoms with Crippen molar-refractivity contribution in [3.63, 3.8) is 0 Å². The number of hydrogen-bond acceptors (Lipinski definition) is 3. The number of rotatable bonds is 4. The molecule has 0 unspecified atom stereocenters. The van der Waals surface area contributed by atoms with Crippen LogP contribution in [0.15, 0.2) is 46.1 Å². The average molecular weight is 375 g/mol. The number of carbonyl (C=O) groups is 1. The topological polar surface area (TPSA) is 69.2 Å². The van der Waals surface area contributed by atoms with Gasteiger partial charge in [-0.1, -0.05) is 17.7 Å². The molecule has 0 radical (unpaired) electrons. The first-order valence-corrected chi connectivity index (χ1v) is 8.53. The predicted molar refractivity (Wildman–Crippen MR) is 102 cm³/mol. The molecule has 1 aromatic carbocycles. The Morgan fingerprint density at radius 1 is 1.15 bits per heavy atom. The van der Waals surface area contributed by atoms with E-state index in [1.54, 1.807) is 47.0 Å². The molecular formula is C18H19ClN4O3. The van der Waals surface area contributed by atoms with E-state index in [0.29, 0.717) is 28.3 Å². The van der Waals surface area contributed by atoms with E-state index in [1.807, 2.05) is 13.0 Å². The smallest absolute Gasteiger partial charge is 0.324 e. The molecule has 136 valence electrons. The molecule has 0 aliphatic rings. The van der Waals surface area contributed by atoms with Crippen molar-refractivity contribution in [2.45, 2.75) is 13.5 Å². The van der Waals surface area contributed by atoms with Crippen LogP contribution >= 0.6 is 11.6 Å². The molecule has 26 heavy (non-hydrogen) atoms. The molecular weight excluding hydrogens is 356 g/mol. The summed E-state index contributed by atoms with van der Waals surface area (Å²) in [7, 11) is 3.02. The second kappa shape index (κ2) is 6.84. The Hall–Kier alpha value is -2.80. The van der Waals surface area contributed by atoms with E-state index in [-0.39, 0.29) is 18.0 Å². The van der Waals surface area contributed by atoms with Crippen molar-refractivity contribution in [2.24, 2.45) is 14.1 Å². The van der Waals surface area contributed by atoms with Crippen LogP contribution in [0.25, 0.3) is 11.0 Å². The summed E-state index contributed by atoms with van der Waals surface area (Å²) in [5, 5.41) is 0.944. The van der Waals surface area contributed by atoms with Gasteiger partial charge in [0, 0.05) is 37.5 Å². The third kappa shape index (κ3) is 2.94. The SMILES string of the molecule is CCN(C(=O)Cn1ccc2c(=O)n(C)c(=O)n(C)c21)c1cccc(Cl)c1. The summed E-state index contributed by atoms with van der Waals surface area (Å²) in [6.07, 6.45) is 1.65. The highest BCUT2D eigenvalue weighted by Gasteiger charge is 2.18. The van der Waals surface area contributed by atoms with E-state index in [9.17, 15) is 14.4 Å². The number of carbonyl (C=O) groups excluding carboxylic acids is 1. The van der Waals surface area contributed by atoms with Gasteiger partial charge in [0.05, 0.1) is 5.39 Å². The van der Waals surface area contributed by atoms with E-state index in [0.717, 1.165) is 4.57 Å². The molecule has 0 aliphatic carbocycles. The van der Waals surface area contributed by atoms with Crippen LogP contribution < -0.4 is 16.1 Å². The van der Waals surface area contributed by atoms with Gasteiger partial charge in [-0.2, -0.15) is 0 Å². The Kier molecular flexibility index (Phi) is 4.73. The Balaban J connectivity index is 2.02. The first kappa shape index (κ1) is 18.0. The van der Waals surface area contributed by atoms with Crippen molar-refractivity contribution in [1.82, 2.24) is 13.7 Å². The Labute approximate surface area is 154 Å². The van der Waals surface area contributed by atoms with E-state index in [2.05, 4.69) is 0 Å². The molecule has 8 heteroatoms. The summed E-state index contributed by atoms with van der Waals surface area (Å²) in [6.45, 7) is 2.35. The molecule has 0 aliphatic heterocycles. The number of nitrogens with zero attached hydrogens (tertiary/aromatic N) is 4. The second-order valence-electron chi connectivity index (χ2n) is 6.00. The molecule has 0 atom stereocenters. The van der Waals surface area contributed by atoms with Crippen molar-refractivity contribution in [2.75, 3.05) is 11.4 Å². The van der Waals surface area contributed by atoms with Gasteiger partial charge in [0.25, 0.3) is 5.56 Å². The van der Waals surface area contributed by atoms with Crippen LogP contribution in [0.3, 0.4) is 0 Å². The highest BCUT2D eigenvalue weighted by atomic mass is 35.5. The van der Waals surface area contributed by atoms with Crippen LogP contribution in [0, 0.1) is 0 Å². The van der Waals surface area contributed by atoms with Crippen molar-refractivity contribution in [3.8, 4) is 0 Å². The largest absolute Gasteiger partial charge is 0.332 e. The predicted octanol–water partition coefficient (Wildman–Crippen LogP) is 1.75. The number of aryl methyl sites for hydroxylation is 1. The molecule has 0 bridgehead atoms. The summed E-state index contributed by atoms with van der Waals surface area (Å²) in [6, 6.07) is 8.69. The van der Waals surface area contributed by atoms with Crippen LogP contribution in [-0.4, -0.2) is 26.2 Å². The molecule has 2 aromatic heterocycles. The maximum absolute atomic E-state index is 12.8. The van der Waals surface area contributed by atoms with E-state index in [1.165, 1.54) is 11.6 Å². The van der Waals surface area contributed by atoms with Gasteiger partial charge in [-0.25, -0.2) is 4.79 Å². The fraction of sp³-hybridized carbons (Fsp3) is 0.278. The van der Waals surface area contributed by atoms with E-state index in [4.69, 9.17) is 11.6 Å². The fourth-order valence-electron chi connectivity index (χ4n) is 3.09. The minimum atomic E-state index is -0.433. The maximum atomic E-state index is 12.8. The quantitative estimate of drug-likeness (QED) is 0.698. The lowest BCUT2D eigenvalue weighted by Crippen LogP contribution is -2.38. The van der Waals surface area contributed by atoms with Gasteiger partial charge >= 0.3 is 5.69 Å². The standard InChI is InChI=1S/C18H19ClN4O3/c1-4-23(13-7-5-6-12(19)10-13)15(24)11-22-9-8-14-16(22)20(2)18(26)21(3)17(14)25/h5-10H,4,11H2,1-3H3. The zero-order valence-corrected chi connectivity index (χ0v) is 15.5. The van der Waals surface area contributed by atoms with Gasteiger partial charge in [-0.3, -0.25) is 18.7 Å². The lowest BCUT2D eigenvalue weighted by molar-refractivity contribution is -0.119. The number of hydrogen-bond donors (Lipinski definition) is 0. The molecule has 0 spiro atoms. The second-order valence-corrected chi connectivity index (χ2v) is 6.44. The Morgan fingerprint density at radius 2 is 1.88 bits per heavy atom. The molecule has 0 saturated carbocycles. The molecule has 7 nitrogen and oxygen atoms in total. The van der Waals surface area contributed by atoms with Gasteiger partial charge < -0.3 is 9.47 Å². The average Bonchev–Trinajstić information content (AvgIpc) is 3.02. The third-order valence-electron chi connectivity index (χ3n) is 4.40. The van der Waals surface area contributed by atoms with Crippen LogP contribution in [0.1, 0.15) is 6.92 Å². The summed E-state index contributed by atoms with van der Waals surface area (Å²) < 4.78 is 4.05. The molecule has 3 rings (SSSR count). The number of halogens is 1. The highest BCUT2D eigenvalue weighted by molar-refractivity contribution is 6.30. The minimum absolute atomic E-state index is 0.00427. The van der Waals surface area contributed by atoms with Gasteiger partial charge in [-0.05, 0) is 31.2 Å². The van der Waals surface area contributed by atoms with Crippen LogP contribution in [0.4, 0.5) is 5.69 Å². The number of fused-ring (bicyclic) bond motifs is 1. The van der Waals surface area contributed by atoms with Crippen molar-refractivity contribution in [1.29, 1.82) is 0 Å². The van der Waals surface area contributed by atoms with Crippen molar-refractivity contribution >= 4 is 34.2 Å². The summed E-state index contributed by atoms with van der Waals surface area (Å²) in [5.74, 6) is -0.166. The fourth-order valence-corrected chi connectivity index (χ4v) is 3.28. The third-order valence-corrected chi connectivity index (χ3v) is 4.64. The zero-order valence-electron chi connectivity index (χ0n) is 14.8. The van der Waals surface area contributed by atoms with Crippen LogP contribution in [0.2, 0.25) is 5.02 Å². The summed E-state index contributed by atoms with van der Waals surface area (Å²) in [5.41, 5.74) is 0.313. The Bertz CT molecular complexity index is 1110. The summed E-state index contributed by atoms with van der Waals surface area (Å²) in [4.78, 5) is 38.9. The van der Waals surface area contributed by atoms with Gasteiger partial charge in [0.2, 0.25) is 5.91 Å². The number of benzene rings is 1. The van der Waals surface area contributed by atoms with E-state index < -0.39 is 5.69 Å². The Morgan fingerprint density at radius 3 is 2.54 bits per heavy atom. The first-order valence-electron chi connectivity index (χ1n) is 8.16. The number of likely N-dealkylation sites (N-methyl/N-ethyl adjacent to an activating group) is 1.